The zero-order chi connectivity index (χ0) is 15.7. The van der Waals surface area contributed by atoms with E-state index in [-0.39, 0.29) is 11.3 Å². The molecule has 3 heterocycles. The fourth-order valence-electron chi connectivity index (χ4n) is 1.80. The van der Waals surface area contributed by atoms with Crippen molar-refractivity contribution >= 4 is 39.6 Å². The summed E-state index contributed by atoms with van der Waals surface area (Å²) < 4.78 is 5.51. The lowest BCUT2D eigenvalue weighted by atomic mass is 10.3. The zero-order valence-electron chi connectivity index (χ0n) is 11.3. The number of nitrogens with one attached hydrogen (secondary N) is 1. The van der Waals surface area contributed by atoms with Crippen LogP contribution in [-0.4, -0.2) is 22.0 Å². The van der Waals surface area contributed by atoms with Gasteiger partial charge in [0.1, 0.15) is 5.76 Å². The number of carboxylic acid groups (broad SMARTS) is 1. The van der Waals surface area contributed by atoms with Crippen LogP contribution in [0.2, 0.25) is 0 Å². The Hall–Kier alpha value is -2.45. The number of hydrogen-bond acceptors (Lipinski definition) is 6. The van der Waals surface area contributed by atoms with Gasteiger partial charge in [0.15, 0.2) is 5.69 Å². The highest BCUT2D eigenvalue weighted by Gasteiger charge is 2.19. The minimum Gasteiger partial charge on any atom is -0.478 e. The first kappa shape index (κ1) is 14.5. The number of hydrogen-bond donors (Lipinski definition) is 2. The molecule has 0 aliphatic heterocycles. The number of carboxylic acids is 1. The fourth-order valence-corrected chi connectivity index (χ4v) is 3.22. The van der Waals surface area contributed by atoms with Crippen LogP contribution >= 0.6 is 22.7 Å². The number of aromatic nitrogens is 1. The van der Waals surface area contributed by atoms with Crippen LogP contribution in [0, 0.1) is 6.92 Å². The summed E-state index contributed by atoms with van der Waals surface area (Å²) in [5.41, 5.74) is 0.324. The van der Waals surface area contributed by atoms with Gasteiger partial charge in [0.05, 0.1) is 15.4 Å². The number of aryl methyl sites for hydroxylation is 1. The number of oxazole rings is 1. The summed E-state index contributed by atoms with van der Waals surface area (Å²) in [5.74, 6) is -0.650. The van der Waals surface area contributed by atoms with Gasteiger partial charge in [-0.2, -0.15) is 0 Å². The highest BCUT2D eigenvalue weighted by molar-refractivity contribution is 7.14. The molecule has 3 rings (SSSR count). The number of rotatable bonds is 4. The van der Waals surface area contributed by atoms with Gasteiger partial charge in [0, 0.05) is 5.38 Å². The van der Waals surface area contributed by atoms with E-state index in [0.717, 1.165) is 16.2 Å². The summed E-state index contributed by atoms with van der Waals surface area (Å²) in [4.78, 5) is 28.1. The van der Waals surface area contributed by atoms with Gasteiger partial charge < -0.3 is 14.8 Å². The summed E-state index contributed by atoms with van der Waals surface area (Å²) in [7, 11) is 0. The van der Waals surface area contributed by atoms with Gasteiger partial charge in [0.25, 0.3) is 5.91 Å². The average molecular weight is 334 g/mol. The van der Waals surface area contributed by atoms with E-state index < -0.39 is 11.9 Å². The molecule has 0 atom stereocenters. The lowest BCUT2D eigenvalue weighted by Gasteiger charge is -1.98. The van der Waals surface area contributed by atoms with E-state index in [2.05, 4.69) is 10.3 Å². The van der Waals surface area contributed by atoms with Crippen molar-refractivity contribution in [2.24, 2.45) is 0 Å². The number of carbonyl (C=O) groups excluding carboxylic acids is 1. The van der Waals surface area contributed by atoms with Crippen molar-refractivity contribution in [2.45, 2.75) is 6.92 Å². The molecule has 0 fully saturated rings. The van der Waals surface area contributed by atoms with Crippen LogP contribution in [-0.2, 0) is 0 Å². The number of thiophene rings is 2. The summed E-state index contributed by atoms with van der Waals surface area (Å²) in [6, 6.07) is 5.13. The Morgan fingerprint density at radius 1 is 1.36 bits per heavy atom. The van der Waals surface area contributed by atoms with Crippen molar-refractivity contribution in [3.8, 4) is 10.8 Å². The van der Waals surface area contributed by atoms with E-state index in [1.807, 2.05) is 17.5 Å². The second-order valence-corrected chi connectivity index (χ2v) is 6.22. The molecule has 0 radical (unpaired) electrons. The van der Waals surface area contributed by atoms with Crippen LogP contribution in [0.25, 0.3) is 10.8 Å². The lowest BCUT2D eigenvalue weighted by molar-refractivity contribution is 0.0697. The minimum atomic E-state index is -1.03. The third-order valence-electron chi connectivity index (χ3n) is 2.83. The van der Waals surface area contributed by atoms with E-state index in [1.165, 1.54) is 22.8 Å². The van der Waals surface area contributed by atoms with E-state index in [4.69, 9.17) is 9.52 Å². The molecule has 0 bridgehead atoms. The minimum absolute atomic E-state index is 0.136. The SMILES string of the molecule is Cc1oc(-c2cccs2)nc1C(=O)Nc1cc(C(=O)O)cs1. The molecule has 2 N–H and O–H groups in total. The van der Waals surface area contributed by atoms with Crippen LogP contribution in [0.4, 0.5) is 5.00 Å². The maximum Gasteiger partial charge on any atom is 0.336 e. The average Bonchev–Trinajstić information content (AvgIpc) is 3.16. The molecule has 0 aromatic carbocycles. The van der Waals surface area contributed by atoms with Crippen LogP contribution in [0.5, 0.6) is 0 Å². The molecule has 0 saturated heterocycles. The largest absolute Gasteiger partial charge is 0.478 e. The van der Waals surface area contributed by atoms with Crippen LogP contribution < -0.4 is 5.32 Å². The van der Waals surface area contributed by atoms with E-state index >= 15 is 0 Å². The normalized spacial score (nSPS) is 10.6. The molecule has 1 amide bonds. The molecule has 22 heavy (non-hydrogen) atoms. The summed E-state index contributed by atoms with van der Waals surface area (Å²) >= 11 is 2.61. The molecule has 3 aromatic heterocycles. The van der Waals surface area contributed by atoms with Crippen LogP contribution in [0.1, 0.15) is 26.6 Å². The predicted molar refractivity (Wildman–Crippen MR) is 83.8 cm³/mol. The number of carbonyl (C=O) groups is 2. The zero-order valence-corrected chi connectivity index (χ0v) is 13.0. The van der Waals surface area contributed by atoms with Crippen molar-refractivity contribution in [1.29, 1.82) is 0 Å². The Labute approximate surface area is 133 Å². The van der Waals surface area contributed by atoms with Crippen molar-refractivity contribution in [3.63, 3.8) is 0 Å². The topological polar surface area (TPSA) is 92.4 Å². The maximum absolute atomic E-state index is 12.2. The van der Waals surface area contributed by atoms with E-state index in [1.54, 1.807) is 6.92 Å². The second-order valence-electron chi connectivity index (χ2n) is 4.36. The van der Waals surface area contributed by atoms with Gasteiger partial charge in [-0.1, -0.05) is 6.07 Å². The first-order valence-electron chi connectivity index (χ1n) is 6.19. The summed E-state index contributed by atoms with van der Waals surface area (Å²) in [6.07, 6.45) is 0. The van der Waals surface area contributed by atoms with Crippen LogP contribution in [0.15, 0.2) is 33.4 Å². The third-order valence-corrected chi connectivity index (χ3v) is 4.53. The van der Waals surface area contributed by atoms with Crippen molar-refractivity contribution < 1.29 is 19.1 Å². The smallest absolute Gasteiger partial charge is 0.336 e. The quantitative estimate of drug-likeness (QED) is 0.758. The molecule has 0 saturated carbocycles. The number of aromatic carboxylic acids is 1. The molecule has 3 aromatic rings. The molecule has 0 unspecified atom stereocenters. The van der Waals surface area contributed by atoms with Gasteiger partial charge in [-0.05, 0) is 24.4 Å². The number of nitrogens with zero attached hydrogens (tertiary/aromatic N) is 1. The highest BCUT2D eigenvalue weighted by atomic mass is 32.1. The van der Waals surface area contributed by atoms with Gasteiger partial charge in [0.2, 0.25) is 5.89 Å². The Bertz CT molecular complexity index is 833. The van der Waals surface area contributed by atoms with Gasteiger partial charge in [-0.15, -0.1) is 22.7 Å². The predicted octanol–water partition coefficient (Wildman–Crippen LogP) is 3.72. The first-order chi connectivity index (χ1) is 10.5. The van der Waals surface area contributed by atoms with Gasteiger partial charge in [-0.3, -0.25) is 4.79 Å². The summed E-state index contributed by atoms with van der Waals surface area (Å²) in [6.45, 7) is 1.66. The molecule has 0 aliphatic rings. The van der Waals surface area contributed by atoms with Crippen molar-refractivity contribution in [3.05, 3.63) is 46.0 Å². The van der Waals surface area contributed by atoms with Crippen molar-refractivity contribution in [1.82, 2.24) is 4.98 Å². The molecule has 6 nitrogen and oxygen atoms in total. The Kier molecular flexibility index (Phi) is 3.78. The highest BCUT2D eigenvalue weighted by Crippen LogP contribution is 2.27. The van der Waals surface area contributed by atoms with E-state index in [9.17, 15) is 9.59 Å². The third kappa shape index (κ3) is 2.78. The lowest BCUT2D eigenvalue weighted by Crippen LogP contribution is -2.12. The molecule has 8 heteroatoms. The fraction of sp³-hybridized carbons (Fsp3) is 0.0714. The molecule has 0 aliphatic carbocycles. The second kappa shape index (κ2) is 5.74. The monoisotopic (exact) mass is 334 g/mol. The Morgan fingerprint density at radius 2 is 2.18 bits per heavy atom. The molecule has 112 valence electrons. The van der Waals surface area contributed by atoms with Gasteiger partial charge in [-0.25, -0.2) is 9.78 Å². The molecular formula is C14H10N2O4S2. The van der Waals surface area contributed by atoms with Crippen LogP contribution in [0.3, 0.4) is 0 Å². The van der Waals surface area contributed by atoms with Gasteiger partial charge >= 0.3 is 5.97 Å². The number of anilines is 1. The van der Waals surface area contributed by atoms with Crippen molar-refractivity contribution in [2.75, 3.05) is 5.32 Å². The summed E-state index contributed by atoms with van der Waals surface area (Å²) in [5, 5.41) is 15.3. The Balaban J connectivity index is 1.81. The first-order valence-corrected chi connectivity index (χ1v) is 7.95. The Morgan fingerprint density at radius 3 is 2.82 bits per heavy atom. The standard InChI is InChI=1S/C14H10N2O4S2/c1-7-11(16-13(20-7)9-3-2-4-21-9)12(17)15-10-5-8(6-22-10)14(18)19/h2-6H,1H3,(H,15,17)(H,18,19). The molecular weight excluding hydrogens is 324 g/mol. The molecule has 0 spiro atoms. The van der Waals surface area contributed by atoms with E-state index in [0.29, 0.717) is 16.7 Å². The number of amides is 1. The maximum atomic E-state index is 12.2.